The summed E-state index contributed by atoms with van der Waals surface area (Å²) in [4.78, 5) is 197. The summed E-state index contributed by atoms with van der Waals surface area (Å²) in [5.41, 5.74) is 13.4. The number of unbranched alkanes of at least 4 members (excludes halogenated alkanes) is 3. The van der Waals surface area contributed by atoms with Crippen molar-refractivity contribution in [2.24, 2.45) is 5.92 Å². The number of aromatic nitrogens is 3. The molecule has 0 bridgehead atoms. The number of carboxylic acid groups (broad SMARTS) is 1. The van der Waals surface area contributed by atoms with Crippen LogP contribution in [0.4, 0.5) is 11.6 Å². The van der Waals surface area contributed by atoms with Crippen molar-refractivity contribution in [2.45, 2.75) is 204 Å². The number of likely N-dealkylation sites (tertiary alicyclic amines) is 1. The standard InChI is InChI=1S/C82H109ClN18O15/c1-48(2)41-63(75(108)96-62(24-11-12-37-87-49(3)4)81(114)101-40-18-27-68(101)80(113)90-50(5)82(115)116)97-74(107)61(23-10-14-39-89-72(105)59-26-16-29-70(85)93-59)94-73(106)60(22-9-13-38-88-71(104)58-25-15-28-69(84)92-58)95-79(112)67(47-102)100-78(111)66(45-54-19-17-36-86-46-54)99-77(110)65(43-52-31-34-57(83)35-32-52)98-76(109)64(91-51(6)103)44-53-30-33-55-20-7-8-21-56(55)42-53/h7-8,15-17,19-21,25-26,28-36,42,46,48-50,60-68,87,102H,9-14,18,22-24,27,37-41,43-45,47H2,1-6H3,(H2,84,92)(H2,85,93)(H,88,104)(H,89,105)(H,90,113)(H,91,103)(H,94,106)(H,95,112)(H,96,108)(H,97,107)(H,98,109)(H,99,110)(H,100,111)(H,115,116)/t50-,60-,61-,62-,63-,64-,65-,66-,67-,68+/m0/s1. The number of pyridine rings is 3. The van der Waals surface area contributed by atoms with Gasteiger partial charge in [0.15, 0.2) is 0 Å². The normalized spacial score (nSPS) is 14.8. The molecule has 4 heterocycles. The molecule has 33 nitrogen and oxygen atoms in total. The summed E-state index contributed by atoms with van der Waals surface area (Å²) in [5, 5.41) is 55.9. The van der Waals surface area contributed by atoms with Crippen LogP contribution in [0.3, 0.4) is 0 Å². The number of benzene rings is 3. The molecular weight excluding hydrogens is 1510 g/mol. The van der Waals surface area contributed by atoms with E-state index in [9.17, 15) is 63.0 Å². The summed E-state index contributed by atoms with van der Waals surface area (Å²) in [5.74, 6) is -10.6. The van der Waals surface area contributed by atoms with Gasteiger partial charge >= 0.3 is 5.97 Å². The second-order valence-electron chi connectivity index (χ2n) is 29.5. The maximum Gasteiger partial charge on any atom is 0.325 e. The number of nitrogens with zero attached hydrogens (tertiary/aromatic N) is 4. The van der Waals surface area contributed by atoms with E-state index in [4.69, 9.17) is 23.1 Å². The van der Waals surface area contributed by atoms with Crippen LogP contribution in [0.25, 0.3) is 10.8 Å². The Bertz CT molecular complexity index is 4350. The number of hydrogen-bond donors (Lipinski definition) is 16. The number of aliphatic carboxylic acids is 1. The fraction of sp³-hybridized carbons (Fsp3) is 0.463. The van der Waals surface area contributed by atoms with E-state index >= 15 is 9.59 Å². The molecule has 0 aliphatic carbocycles. The van der Waals surface area contributed by atoms with Gasteiger partial charge in [0.25, 0.3) is 11.8 Å². The molecule has 10 atom stereocenters. The molecule has 0 spiro atoms. The Morgan fingerprint density at radius 1 is 0.500 bits per heavy atom. The molecular formula is C82H109ClN18O15. The number of halogens is 1. The monoisotopic (exact) mass is 1620 g/mol. The fourth-order valence-electron chi connectivity index (χ4n) is 13.1. The molecule has 0 radical (unpaired) electrons. The van der Waals surface area contributed by atoms with E-state index in [1.807, 2.05) is 56.3 Å². The number of aliphatic hydroxyl groups excluding tert-OH is 1. The largest absolute Gasteiger partial charge is 0.480 e. The first-order valence-corrected chi connectivity index (χ1v) is 39.5. The summed E-state index contributed by atoms with van der Waals surface area (Å²) in [7, 11) is 0. The SMILES string of the molecule is CC(=O)N[C@@H](Cc1ccc2ccccc2c1)C(=O)N[C@@H](Cc1ccc(Cl)cc1)C(=O)N[C@@H](Cc1cccnc1)C(=O)N[C@@H](CO)C(=O)N[C@@H](CCCCNC(=O)c1cccc(N)n1)C(=O)N[C@@H](CCCCNC(=O)c1cccc(N)n1)C(=O)N[C@@H](CC(C)C)C(=O)N[C@@H](CCCCNC(C)C)C(=O)N1CCC[C@@H]1C(=O)N[C@@H](C)C(=O)O. The quantitative estimate of drug-likeness (QED) is 0.0244. The minimum atomic E-state index is -1.86. The zero-order valence-corrected chi connectivity index (χ0v) is 67.0. The van der Waals surface area contributed by atoms with E-state index in [1.165, 1.54) is 55.4 Å². The van der Waals surface area contributed by atoms with Crippen LogP contribution >= 0.6 is 11.6 Å². The Kier molecular flexibility index (Phi) is 36.7. The topological polar surface area (TPSA) is 501 Å². The summed E-state index contributed by atoms with van der Waals surface area (Å²) in [6, 6.07) is 18.0. The third-order valence-corrected chi connectivity index (χ3v) is 19.5. The number of fused-ring (bicyclic) bond motifs is 1. The summed E-state index contributed by atoms with van der Waals surface area (Å²) in [6.45, 7) is 9.80. The molecule has 624 valence electrons. The first kappa shape index (κ1) is 91.5. The van der Waals surface area contributed by atoms with E-state index in [-0.39, 0.29) is 132 Å². The molecule has 1 aliphatic rings. The lowest BCUT2D eigenvalue weighted by molar-refractivity contribution is -0.144. The van der Waals surface area contributed by atoms with Gasteiger partial charge in [0.1, 0.15) is 83.4 Å². The molecule has 7 rings (SSSR count). The van der Waals surface area contributed by atoms with Crippen molar-refractivity contribution in [3.63, 3.8) is 0 Å². The lowest BCUT2D eigenvalue weighted by Gasteiger charge is -2.31. The number of carbonyl (C=O) groups excluding carboxylic acids is 12. The van der Waals surface area contributed by atoms with Crippen LogP contribution in [0.1, 0.15) is 156 Å². The van der Waals surface area contributed by atoms with E-state index in [0.29, 0.717) is 47.5 Å². The van der Waals surface area contributed by atoms with Crippen molar-refractivity contribution in [1.82, 2.24) is 83.7 Å². The van der Waals surface area contributed by atoms with Crippen LogP contribution in [0.5, 0.6) is 0 Å². The Labute approximate surface area is 679 Å². The lowest BCUT2D eigenvalue weighted by Crippen LogP contribution is -2.61. The molecule has 0 unspecified atom stereocenters. The van der Waals surface area contributed by atoms with E-state index in [0.717, 1.165) is 10.8 Å². The van der Waals surface area contributed by atoms with Gasteiger partial charge in [-0.05, 0) is 166 Å². The predicted octanol–water partition coefficient (Wildman–Crippen LogP) is 2.76. The Balaban J connectivity index is 1.16. The first-order chi connectivity index (χ1) is 55.4. The third kappa shape index (κ3) is 30.2. The Hall–Kier alpha value is -11.7. The van der Waals surface area contributed by atoms with Gasteiger partial charge in [0.2, 0.25) is 59.1 Å². The highest BCUT2D eigenvalue weighted by Crippen LogP contribution is 2.23. The lowest BCUT2D eigenvalue weighted by atomic mass is 9.99. The van der Waals surface area contributed by atoms with Crippen molar-refractivity contribution >= 4 is 111 Å². The van der Waals surface area contributed by atoms with Gasteiger partial charge in [-0.3, -0.25) is 67.3 Å². The highest BCUT2D eigenvalue weighted by atomic mass is 35.5. The number of carboxylic acids is 1. The minimum Gasteiger partial charge on any atom is -0.480 e. The van der Waals surface area contributed by atoms with Crippen LogP contribution in [0, 0.1) is 5.92 Å². The van der Waals surface area contributed by atoms with Gasteiger partial charge in [0, 0.05) is 69.3 Å². The van der Waals surface area contributed by atoms with Crippen LogP contribution in [-0.4, -0.2) is 206 Å². The van der Waals surface area contributed by atoms with Gasteiger partial charge < -0.3 is 90.4 Å². The molecule has 34 heteroatoms. The molecule has 1 saturated heterocycles. The highest BCUT2D eigenvalue weighted by molar-refractivity contribution is 6.30. The smallest absolute Gasteiger partial charge is 0.325 e. The average Bonchev–Trinajstić information content (AvgIpc) is 1.79. The van der Waals surface area contributed by atoms with Crippen molar-refractivity contribution in [3.05, 3.63) is 161 Å². The molecule has 18 N–H and O–H groups in total. The second-order valence-corrected chi connectivity index (χ2v) is 30.0. The Morgan fingerprint density at radius 3 is 1.50 bits per heavy atom. The van der Waals surface area contributed by atoms with Crippen molar-refractivity contribution in [2.75, 3.05) is 44.3 Å². The number of anilines is 2. The maximum atomic E-state index is 15.2. The summed E-state index contributed by atoms with van der Waals surface area (Å²) < 4.78 is 0. The number of amides is 12. The Morgan fingerprint density at radius 2 is 0.974 bits per heavy atom. The first-order valence-electron chi connectivity index (χ1n) is 39.2. The molecule has 12 amide bonds. The summed E-state index contributed by atoms with van der Waals surface area (Å²) in [6.07, 6.45) is 4.55. The van der Waals surface area contributed by atoms with Crippen molar-refractivity contribution < 1.29 is 72.5 Å². The average molecular weight is 1620 g/mol. The molecule has 6 aromatic rings. The van der Waals surface area contributed by atoms with Gasteiger partial charge in [-0.25, -0.2) is 9.97 Å². The van der Waals surface area contributed by atoms with Crippen LogP contribution in [0.2, 0.25) is 5.02 Å². The predicted molar refractivity (Wildman–Crippen MR) is 435 cm³/mol. The minimum absolute atomic E-state index is 0.00155. The highest BCUT2D eigenvalue weighted by Gasteiger charge is 2.41. The molecule has 1 fully saturated rings. The van der Waals surface area contributed by atoms with Crippen LogP contribution in [-0.2, 0) is 72.0 Å². The number of carbonyl (C=O) groups is 13. The zero-order valence-electron chi connectivity index (χ0n) is 66.2. The summed E-state index contributed by atoms with van der Waals surface area (Å²) >= 11 is 6.27. The number of hydrogen-bond acceptors (Lipinski definition) is 20. The van der Waals surface area contributed by atoms with Crippen LogP contribution in [0.15, 0.2) is 128 Å². The molecule has 0 saturated carbocycles. The molecule has 116 heavy (non-hydrogen) atoms. The van der Waals surface area contributed by atoms with Gasteiger partial charge in [0.05, 0.1) is 6.61 Å². The number of nitrogens with one attached hydrogen (secondary N) is 12. The van der Waals surface area contributed by atoms with Gasteiger partial charge in [-0.2, -0.15) is 0 Å². The number of nitrogen functional groups attached to an aromatic ring is 2. The van der Waals surface area contributed by atoms with E-state index < -0.39 is 144 Å². The number of aliphatic hydroxyl groups is 1. The van der Waals surface area contributed by atoms with Gasteiger partial charge in [-0.1, -0.05) is 112 Å². The maximum absolute atomic E-state index is 15.2. The van der Waals surface area contributed by atoms with Crippen molar-refractivity contribution in [1.29, 1.82) is 0 Å². The zero-order chi connectivity index (χ0) is 84.4. The van der Waals surface area contributed by atoms with Gasteiger partial charge in [-0.15, -0.1) is 0 Å². The van der Waals surface area contributed by atoms with E-state index in [2.05, 4.69) is 78.8 Å². The number of nitrogens with two attached hydrogens (primary N) is 2. The third-order valence-electron chi connectivity index (χ3n) is 19.2. The van der Waals surface area contributed by atoms with E-state index in [1.54, 1.807) is 62.4 Å². The fourth-order valence-corrected chi connectivity index (χ4v) is 13.2. The number of rotatable bonds is 46. The molecule has 3 aromatic heterocycles. The molecule has 3 aromatic carbocycles. The molecule has 1 aliphatic heterocycles. The van der Waals surface area contributed by atoms with Crippen LogP contribution < -0.4 is 75.3 Å². The van der Waals surface area contributed by atoms with Crippen molar-refractivity contribution in [3.8, 4) is 0 Å². The second kappa shape index (κ2) is 46.6.